The summed E-state index contributed by atoms with van der Waals surface area (Å²) in [5.41, 5.74) is 5.07. The van der Waals surface area contributed by atoms with Gasteiger partial charge in [0, 0.05) is 74.0 Å². The van der Waals surface area contributed by atoms with Gasteiger partial charge in [0.2, 0.25) is 5.91 Å². The van der Waals surface area contributed by atoms with Crippen LogP contribution in [-0.2, 0) is 32.5 Å². The molecule has 536 valence electrons. The molecule has 6 heterocycles. The zero-order valence-electron chi connectivity index (χ0n) is 62.9. The van der Waals surface area contributed by atoms with Gasteiger partial charge >= 0.3 is 11.7 Å². The molecule has 2 N–H and O–H groups in total. The topological polar surface area (TPSA) is 144 Å². The number of phenols is 1. The van der Waals surface area contributed by atoms with Crippen LogP contribution in [0.5, 0.6) is 5.75 Å². The number of methoxy groups -OCH3 is 1. The Morgan fingerprint density at radius 2 is 1.51 bits per heavy atom. The minimum absolute atomic E-state index is 0.0287. The van der Waals surface area contributed by atoms with Gasteiger partial charge in [-0.25, -0.2) is 13.6 Å². The molecule has 3 aromatic carbocycles. The van der Waals surface area contributed by atoms with E-state index in [1.807, 2.05) is 45.9 Å². The number of benzene rings is 3. The number of ether oxygens (including phenoxy) is 2. The second-order valence-corrected chi connectivity index (χ2v) is 27.7. The highest BCUT2D eigenvalue weighted by Gasteiger charge is 2.37. The third-order valence-corrected chi connectivity index (χ3v) is 20.1. The molecule has 5 aromatic rings. The van der Waals surface area contributed by atoms with Crippen molar-refractivity contribution in [3.8, 4) is 17.0 Å². The number of unbranched alkanes of at least 4 members (excludes halogenated alkanes) is 3. The van der Waals surface area contributed by atoms with Gasteiger partial charge in [0.25, 0.3) is 0 Å². The standard InChI is InChI=1S/C31H37F2N3O2.C15H17N3O2.C12H26.C10H17NO2.C9H20.C4H10/c1-7-19(4)27-25(31(35-20(5)38-6)36-13-9-10-18(3)17-36)16-34-30(29(27)33)24-15-22(37)14-21-11-12-26(32)23(8-2)28(21)24;1-9-4-6-11-13(8-9)17(3)15(20)18(11)12-7-5-10(2)16-14(12)19;1-5-8-12(7-3)10-9-11(4)6-2;1-8(12)13-7-10-5-4-9-3-2-6-11(9)10;1-4-6-7-8-9(3)5-2;1-3-4-2/h11-12,14-16,18,37H,7-10,13,17H2,1-6H3;4,6,8,12H,2,5,7H2,1,3H3,(H,16,19);11-12H,5-10H2,1-4H3;9-10H,2-7H2,1H3;9H,4-8H2,1-3H3;3-4H2,1-2H3/b27-19?,31-25+,35-20+;;;;;. The zero-order valence-corrected chi connectivity index (χ0v) is 62.9. The average Bonchev–Trinajstić information content (AvgIpc) is 0.836. The van der Waals surface area contributed by atoms with Crippen LogP contribution in [0.3, 0.4) is 0 Å². The second kappa shape index (κ2) is 42.5. The first-order valence-electron chi connectivity index (χ1n) is 37.1. The van der Waals surface area contributed by atoms with Crippen LogP contribution in [0.1, 0.15) is 262 Å². The number of carbonyl (C=O) groups is 2. The fraction of sp³-hybridized carbons (Fsp3) is 0.642. The number of allylic oxidation sites excluding steroid dienone is 1. The van der Waals surface area contributed by atoms with Crippen molar-refractivity contribution in [3.05, 3.63) is 105 Å². The van der Waals surface area contributed by atoms with E-state index in [1.165, 1.54) is 135 Å². The molecule has 1 amide bonds. The van der Waals surface area contributed by atoms with E-state index in [4.69, 9.17) is 14.5 Å². The number of carbonyl (C=O) groups excluding carboxylic acids is 2. The number of fused-ring (bicyclic) bond motifs is 3. The summed E-state index contributed by atoms with van der Waals surface area (Å²) < 4.78 is 45.2. The highest BCUT2D eigenvalue weighted by Crippen LogP contribution is 2.37. The molecule has 0 saturated carbocycles. The number of phenolic OH excluding ortho intramolecular Hbond substituents is 1. The molecule has 0 spiro atoms. The zero-order chi connectivity index (χ0) is 71.2. The maximum Gasteiger partial charge on any atom is 0.329 e. The van der Waals surface area contributed by atoms with Crippen molar-refractivity contribution >= 4 is 51.0 Å². The molecule has 4 fully saturated rings. The van der Waals surface area contributed by atoms with Crippen molar-refractivity contribution < 1.29 is 33.0 Å². The van der Waals surface area contributed by atoms with Crippen molar-refractivity contribution in [1.82, 2.24) is 29.2 Å². The molecule has 9 rings (SSSR count). The van der Waals surface area contributed by atoms with Crippen LogP contribution < -0.4 is 21.4 Å². The summed E-state index contributed by atoms with van der Waals surface area (Å²) in [6.45, 7) is 40.9. The van der Waals surface area contributed by atoms with Crippen LogP contribution in [0.2, 0.25) is 0 Å². The van der Waals surface area contributed by atoms with Gasteiger partial charge in [-0.05, 0) is 161 Å². The van der Waals surface area contributed by atoms with Crippen LogP contribution in [0.4, 0.5) is 8.78 Å². The number of aromatic hydroxyl groups is 1. The number of piperidine rings is 2. The number of aliphatic imine (C=N–C) groups is 1. The molecular formula is C81H127F2N7O6. The number of nitrogens with zero attached hydrogens (tertiary/aromatic N) is 6. The van der Waals surface area contributed by atoms with Crippen LogP contribution in [-0.4, -0.2) is 92.2 Å². The van der Waals surface area contributed by atoms with E-state index in [9.17, 15) is 23.9 Å². The first-order valence-corrected chi connectivity index (χ1v) is 37.1. The average molecular weight is 1330 g/mol. The number of hydrogen-bond donors (Lipinski definition) is 2. The fourth-order valence-corrected chi connectivity index (χ4v) is 13.4. The first-order chi connectivity index (χ1) is 45.9. The second-order valence-electron chi connectivity index (χ2n) is 27.7. The van der Waals surface area contributed by atoms with Crippen molar-refractivity contribution in [3.63, 3.8) is 0 Å². The fourth-order valence-electron chi connectivity index (χ4n) is 13.4. The number of likely N-dealkylation sites (tertiary alicyclic amines) is 1. The van der Waals surface area contributed by atoms with Crippen LogP contribution in [0.25, 0.3) is 44.5 Å². The van der Waals surface area contributed by atoms with E-state index in [0.717, 1.165) is 77.6 Å². The quantitative estimate of drug-likeness (QED) is 0.0318. The summed E-state index contributed by atoms with van der Waals surface area (Å²) in [6, 6.07) is 12.7. The van der Waals surface area contributed by atoms with Gasteiger partial charge in [0.15, 0.2) is 11.7 Å². The summed E-state index contributed by atoms with van der Waals surface area (Å²) in [6.07, 6.45) is 29.4. The predicted molar refractivity (Wildman–Crippen MR) is 399 cm³/mol. The lowest BCUT2D eigenvalue weighted by molar-refractivity contribution is -0.142. The normalized spacial score (nSPS) is 19.3. The number of aryl methyl sites for hydroxylation is 3. The van der Waals surface area contributed by atoms with Crippen LogP contribution in [0, 0.1) is 42.2 Å². The Morgan fingerprint density at radius 3 is 2.11 bits per heavy atom. The molecule has 4 saturated heterocycles. The highest BCUT2D eigenvalue weighted by atomic mass is 19.1. The Balaban J connectivity index is 0.000000281. The van der Waals surface area contributed by atoms with Crippen molar-refractivity contribution in [1.29, 1.82) is 0 Å². The predicted octanol–water partition coefficient (Wildman–Crippen LogP) is 18.7. The smallest absolute Gasteiger partial charge is 0.329 e. The molecule has 0 bridgehead atoms. The van der Waals surface area contributed by atoms with E-state index >= 15 is 4.39 Å². The molecule has 0 aliphatic carbocycles. The van der Waals surface area contributed by atoms with Crippen LogP contribution in [0.15, 0.2) is 70.7 Å². The SMILES string of the molecule is C=C1CCC(n2c(=O)n(C)c3cc(C)ccc32)C(=O)N1.CC(=O)OCC1CCC2CCCN21.CCC(C)=c1c(F)c(-c2cc(O)cc3ccc(F)c(CC)c23)nc/c1=C(/N=C(\C)OC)N1CCCC(C)C1.CCCC.CCCC(CC)CCC(C)CC.CCCCCC(C)CC. The number of aromatic nitrogens is 3. The summed E-state index contributed by atoms with van der Waals surface area (Å²) in [7, 11) is 3.30. The molecule has 4 aliphatic rings. The van der Waals surface area contributed by atoms with E-state index < -0.39 is 11.9 Å². The Hall–Kier alpha value is -6.35. The molecule has 4 aliphatic heterocycles. The number of halogens is 2. The van der Waals surface area contributed by atoms with Gasteiger partial charge in [-0.3, -0.25) is 28.6 Å². The molecular weight excluding hydrogens is 1200 g/mol. The van der Waals surface area contributed by atoms with Gasteiger partial charge in [-0.2, -0.15) is 4.99 Å². The highest BCUT2D eigenvalue weighted by molar-refractivity contribution is 6.00. The molecule has 13 nitrogen and oxygen atoms in total. The number of amides is 1. The van der Waals surface area contributed by atoms with Gasteiger partial charge in [-0.1, -0.05) is 191 Å². The van der Waals surface area contributed by atoms with Crippen LogP contribution >= 0.6 is 0 Å². The summed E-state index contributed by atoms with van der Waals surface area (Å²) in [5.74, 6) is 3.29. The lowest BCUT2D eigenvalue weighted by Crippen LogP contribution is -2.41. The summed E-state index contributed by atoms with van der Waals surface area (Å²) in [5, 5.41) is 15.5. The largest absolute Gasteiger partial charge is 0.508 e. The van der Waals surface area contributed by atoms with Gasteiger partial charge in [0.1, 0.15) is 35.7 Å². The van der Waals surface area contributed by atoms with Gasteiger partial charge < -0.3 is 24.8 Å². The van der Waals surface area contributed by atoms with E-state index in [-0.39, 0.29) is 34.8 Å². The minimum Gasteiger partial charge on any atom is -0.508 e. The van der Waals surface area contributed by atoms with E-state index in [1.54, 1.807) is 48.5 Å². The van der Waals surface area contributed by atoms with Gasteiger partial charge in [0.05, 0.1) is 18.1 Å². The van der Waals surface area contributed by atoms with Gasteiger partial charge in [-0.15, -0.1) is 0 Å². The molecule has 15 heteroatoms. The van der Waals surface area contributed by atoms with Crippen molar-refractivity contribution in [2.24, 2.45) is 35.7 Å². The Kier molecular flexibility index (Phi) is 36.3. The lowest BCUT2D eigenvalue weighted by atomic mass is 9.91. The molecule has 7 atom stereocenters. The summed E-state index contributed by atoms with van der Waals surface area (Å²) >= 11 is 0. The number of esters is 1. The number of pyridine rings is 1. The van der Waals surface area contributed by atoms with E-state index in [0.29, 0.717) is 88.3 Å². The monoisotopic (exact) mass is 1330 g/mol. The maximum absolute atomic E-state index is 16.7. The third-order valence-electron chi connectivity index (χ3n) is 20.1. The Labute approximate surface area is 577 Å². The van der Waals surface area contributed by atoms with Crippen molar-refractivity contribution in [2.45, 2.75) is 277 Å². The Morgan fingerprint density at radius 1 is 0.812 bits per heavy atom. The van der Waals surface area contributed by atoms with Crippen molar-refractivity contribution in [2.75, 3.05) is 33.4 Å². The molecule has 96 heavy (non-hydrogen) atoms. The molecule has 2 aromatic heterocycles. The molecule has 7 unspecified atom stereocenters. The van der Waals surface area contributed by atoms with E-state index in [2.05, 4.69) is 95.9 Å². The number of rotatable bonds is 21. The number of hydrogen-bond acceptors (Lipinski definition) is 10. The lowest BCUT2D eigenvalue weighted by Gasteiger charge is -2.33. The molecule has 0 radical (unpaired) electrons. The number of imidazole rings is 1. The summed E-state index contributed by atoms with van der Waals surface area (Å²) in [4.78, 5) is 49.3. The Bertz CT molecular complexity index is 3460. The maximum atomic E-state index is 16.7. The minimum atomic E-state index is -0.507. The number of nitrogens with one attached hydrogen (secondary N) is 1. The third kappa shape index (κ3) is 24.0. The first kappa shape index (κ1) is 82.1.